The van der Waals surface area contributed by atoms with E-state index >= 15 is 0 Å². The molecule has 1 aliphatic carbocycles. The molecule has 3 rings (SSSR count). The monoisotopic (exact) mass is 367 g/mol. The zero-order valence-corrected chi connectivity index (χ0v) is 14.7. The van der Waals surface area contributed by atoms with E-state index in [9.17, 15) is 0 Å². The molecule has 1 atom stereocenters. The summed E-state index contributed by atoms with van der Waals surface area (Å²) in [5, 5.41) is 0. The van der Waals surface area contributed by atoms with Crippen molar-refractivity contribution in [1.29, 1.82) is 0 Å². The van der Waals surface area contributed by atoms with Gasteiger partial charge >= 0.3 is 26.2 Å². The van der Waals surface area contributed by atoms with E-state index in [1.54, 1.807) is 0 Å². The van der Waals surface area contributed by atoms with Crippen molar-refractivity contribution >= 4 is 0 Å². The second-order valence-electron chi connectivity index (χ2n) is 4.59. The Morgan fingerprint density at radius 3 is 2.32 bits per heavy atom. The van der Waals surface area contributed by atoms with Gasteiger partial charge in [0.15, 0.2) is 0 Å². The molecule has 0 bridgehead atoms. The normalized spacial score (nSPS) is 15.1. The summed E-state index contributed by atoms with van der Waals surface area (Å²) in [4.78, 5) is 0. The molecule has 0 amide bonds. The minimum atomic E-state index is 0. The van der Waals surface area contributed by atoms with Gasteiger partial charge in [0, 0.05) is 0 Å². The zero-order valence-electron chi connectivity index (χ0n) is 10.7. The Labute approximate surface area is 146 Å². The van der Waals surface area contributed by atoms with Crippen LogP contribution in [0.25, 0.3) is 11.1 Å². The third kappa shape index (κ3) is 3.88. The second-order valence-corrected chi connectivity index (χ2v) is 4.59. The van der Waals surface area contributed by atoms with E-state index in [2.05, 4.69) is 61.9 Å². The first-order chi connectivity index (χ1) is 7.84. The van der Waals surface area contributed by atoms with Crippen molar-refractivity contribution in [3.63, 3.8) is 0 Å². The quantitative estimate of drug-likeness (QED) is 0.516. The SMILES string of the molecule is CC1[CH-]c2cccc(-c3ccccc3)c2C1.[Cl-].[Cl-].[Zr+3]. The smallest absolute Gasteiger partial charge is 1.00 e. The molecule has 2 aromatic rings. The van der Waals surface area contributed by atoms with Crippen LogP contribution < -0.4 is 24.8 Å². The summed E-state index contributed by atoms with van der Waals surface area (Å²) < 4.78 is 0. The maximum Gasteiger partial charge on any atom is 3.00 e. The van der Waals surface area contributed by atoms with Crippen molar-refractivity contribution < 1.29 is 51.0 Å². The molecule has 1 aliphatic rings. The van der Waals surface area contributed by atoms with Gasteiger partial charge in [-0.1, -0.05) is 61.2 Å². The fraction of sp³-hybridized carbons (Fsp3) is 0.188. The predicted octanol–water partition coefficient (Wildman–Crippen LogP) is -1.90. The molecule has 0 aromatic heterocycles. The van der Waals surface area contributed by atoms with Gasteiger partial charge in [0.05, 0.1) is 0 Å². The number of halogens is 2. The predicted molar refractivity (Wildman–Crippen MR) is 68.1 cm³/mol. The average molecular weight is 369 g/mol. The van der Waals surface area contributed by atoms with Crippen LogP contribution in [0.15, 0.2) is 48.5 Å². The molecule has 0 saturated carbocycles. The Kier molecular flexibility index (Phi) is 8.05. The molecule has 0 aliphatic heterocycles. The first kappa shape index (κ1) is 18.8. The Hall–Kier alpha value is -0.227. The van der Waals surface area contributed by atoms with E-state index in [-0.39, 0.29) is 51.0 Å². The molecular formula is C16H15Cl2Zr. The van der Waals surface area contributed by atoms with Gasteiger partial charge in [0.1, 0.15) is 0 Å². The van der Waals surface area contributed by atoms with Gasteiger partial charge in [-0.2, -0.15) is 18.1 Å². The van der Waals surface area contributed by atoms with Crippen LogP contribution in [0, 0.1) is 12.3 Å². The van der Waals surface area contributed by atoms with Gasteiger partial charge in [0.25, 0.3) is 0 Å². The van der Waals surface area contributed by atoms with E-state index in [1.165, 1.54) is 28.7 Å². The molecular weight excluding hydrogens is 354 g/mol. The van der Waals surface area contributed by atoms with Crippen molar-refractivity contribution in [3.8, 4) is 11.1 Å². The van der Waals surface area contributed by atoms with Crippen molar-refractivity contribution in [2.45, 2.75) is 13.3 Å². The first-order valence-electron chi connectivity index (χ1n) is 5.87. The number of benzene rings is 2. The molecule has 0 heterocycles. The maximum atomic E-state index is 2.38. The molecule has 3 heteroatoms. The largest absolute Gasteiger partial charge is 3.00 e. The summed E-state index contributed by atoms with van der Waals surface area (Å²) in [6, 6.07) is 17.3. The summed E-state index contributed by atoms with van der Waals surface area (Å²) in [6.07, 6.45) is 3.56. The molecule has 19 heavy (non-hydrogen) atoms. The summed E-state index contributed by atoms with van der Waals surface area (Å²) in [7, 11) is 0. The molecule has 0 nitrogen and oxygen atoms in total. The van der Waals surface area contributed by atoms with Crippen molar-refractivity contribution in [3.05, 3.63) is 66.1 Å². The Morgan fingerprint density at radius 2 is 1.63 bits per heavy atom. The van der Waals surface area contributed by atoms with Crippen molar-refractivity contribution in [1.82, 2.24) is 0 Å². The zero-order chi connectivity index (χ0) is 11.0. The third-order valence-electron chi connectivity index (χ3n) is 3.29. The van der Waals surface area contributed by atoms with Gasteiger partial charge < -0.3 is 24.8 Å². The summed E-state index contributed by atoms with van der Waals surface area (Å²) in [5.74, 6) is 0.680. The van der Waals surface area contributed by atoms with E-state index in [0.717, 1.165) is 0 Å². The topological polar surface area (TPSA) is 0 Å². The number of rotatable bonds is 1. The molecule has 0 fully saturated rings. The number of hydrogen-bond donors (Lipinski definition) is 0. The standard InChI is InChI=1S/C16H15.2ClH.Zr/c1-12-10-14-8-5-9-15(16(14)11-12)13-6-3-2-4-7-13;;;/h2-10,12H,11H2,1H3;2*1H;/q-1;;;+3/p-2. The van der Waals surface area contributed by atoms with Crippen LogP contribution in [0.4, 0.5) is 0 Å². The molecule has 97 valence electrons. The minimum absolute atomic E-state index is 0. The number of fused-ring (bicyclic) bond motifs is 1. The van der Waals surface area contributed by atoms with Crippen LogP contribution in [-0.2, 0) is 32.6 Å². The Bertz CT molecular complexity index is 511. The second kappa shape index (κ2) is 8.15. The minimum Gasteiger partial charge on any atom is -1.00 e. The fourth-order valence-electron chi connectivity index (χ4n) is 2.56. The van der Waals surface area contributed by atoms with Crippen LogP contribution in [0.2, 0.25) is 0 Å². The van der Waals surface area contributed by atoms with Crippen LogP contribution in [0.5, 0.6) is 0 Å². The van der Waals surface area contributed by atoms with E-state index in [0.29, 0.717) is 5.92 Å². The van der Waals surface area contributed by atoms with Gasteiger partial charge in [0.2, 0.25) is 0 Å². The molecule has 1 radical (unpaired) electrons. The van der Waals surface area contributed by atoms with Gasteiger partial charge in [-0.3, -0.25) is 0 Å². The van der Waals surface area contributed by atoms with Crippen LogP contribution >= 0.6 is 0 Å². The Balaban J connectivity index is 0.00000108. The first-order valence-corrected chi connectivity index (χ1v) is 5.87. The summed E-state index contributed by atoms with van der Waals surface area (Å²) in [5.41, 5.74) is 5.68. The molecule has 0 N–H and O–H groups in total. The summed E-state index contributed by atoms with van der Waals surface area (Å²) >= 11 is 0. The molecule has 2 aromatic carbocycles. The molecule has 1 unspecified atom stereocenters. The average Bonchev–Trinajstić information content (AvgIpc) is 2.70. The van der Waals surface area contributed by atoms with Crippen LogP contribution in [0.1, 0.15) is 18.1 Å². The number of hydrogen-bond acceptors (Lipinski definition) is 0. The Morgan fingerprint density at radius 1 is 0.947 bits per heavy atom. The summed E-state index contributed by atoms with van der Waals surface area (Å²) in [6.45, 7) is 2.29. The van der Waals surface area contributed by atoms with Crippen LogP contribution in [0.3, 0.4) is 0 Å². The van der Waals surface area contributed by atoms with E-state index < -0.39 is 0 Å². The molecule has 0 saturated heterocycles. The third-order valence-corrected chi connectivity index (χ3v) is 3.29. The van der Waals surface area contributed by atoms with Crippen molar-refractivity contribution in [2.24, 2.45) is 5.92 Å². The van der Waals surface area contributed by atoms with Crippen LogP contribution in [-0.4, -0.2) is 0 Å². The van der Waals surface area contributed by atoms with Crippen molar-refractivity contribution in [2.75, 3.05) is 0 Å². The van der Waals surface area contributed by atoms with E-state index in [1.807, 2.05) is 0 Å². The van der Waals surface area contributed by atoms with Gasteiger partial charge in [-0.25, -0.2) is 0 Å². The van der Waals surface area contributed by atoms with E-state index in [4.69, 9.17) is 0 Å². The van der Waals surface area contributed by atoms with Gasteiger partial charge in [-0.05, 0) is 5.56 Å². The maximum absolute atomic E-state index is 2.38. The van der Waals surface area contributed by atoms with Gasteiger partial charge in [-0.15, -0.1) is 11.6 Å². The molecule has 0 spiro atoms. The fourth-order valence-corrected chi connectivity index (χ4v) is 2.56.